The molecule has 12 heteroatoms. The lowest BCUT2D eigenvalue weighted by atomic mass is 9.95. The fourth-order valence-electron chi connectivity index (χ4n) is 7.77. The molecular formula is C32H31F3N8O. The fraction of sp³-hybridized carbons (Fsp3) is 0.438. The highest BCUT2D eigenvalue weighted by Crippen LogP contribution is 2.41. The lowest BCUT2D eigenvalue weighted by Gasteiger charge is -2.34. The van der Waals surface area contributed by atoms with Crippen molar-refractivity contribution in [2.75, 3.05) is 43.4 Å². The molecule has 0 unspecified atom stereocenters. The van der Waals surface area contributed by atoms with E-state index >= 15 is 4.39 Å². The molecule has 1 aromatic carbocycles. The molecule has 7 heterocycles. The number of nitrogens with two attached hydrogens (primary N) is 1. The van der Waals surface area contributed by atoms with Gasteiger partial charge in [-0.2, -0.15) is 9.97 Å². The van der Waals surface area contributed by atoms with Gasteiger partial charge in [-0.05, 0) is 49.7 Å². The van der Waals surface area contributed by atoms with Crippen LogP contribution in [0.15, 0.2) is 24.4 Å². The number of aromatic nitrogens is 4. The van der Waals surface area contributed by atoms with Crippen LogP contribution in [0.2, 0.25) is 0 Å². The first-order valence-electron chi connectivity index (χ1n) is 15.1. The van der Waals surface area contributed by atoms with E-state index < -0.39 is 23.3 Å². The number of nitrogens with zero attached hydrogens (tertiary/aromatic N) is 6. The second-order valence-electron chi connectivity index (χ2n) is 12.5. The van der Waals surface area contributed by atoms with E-state index in [9.17, 15) is 8.78 Å². The SMILES string of the molecule is C#Cc1c(F)ccc2cc(N)nc(-c3ncc4c(N5C[C@H]6CC[C@@H](C5)N6)nc(OC[C@@]56CCCN5C[C@H](F)C6)nc4c3F)c12. The lowest BCUT2D eigenvalue weighted by molar-refractivity contribution is 0.107. The van der Waals surface area contributed by atoms with E-state index in [0.29, 0.717) is 54.7 Å². The second-order valence-corrected chi connectivity index (χ2v) is 12.5. The Labute approximate surface area is 252 Å². The van der Waals surface area contributed by atoms with Crippen LogP contribution in [0.25, 0.3) is 33.1 Å². The van der Waals surface area contributed by atoms with Gasteiger partial charge >= 0.3 is 6.01 Å². The topological polar surface area (TPSA) is 105 Å². The Kier molecular flexibility index (Phi) is 6.32. The van der Waals surface area contributed by atoms with Crippen LogP contribution < -0.4 is 20.7 Å². The Morgan fingerprint density at radius 2 is 1.93 bits per heavy atom. The number of terminal acetylenes is 1. The van der Waals surface area contributed by atoms with Crippen LogP contribution in [0, 0.1) is 24.0 Å². The predicted octanol–water partition coefficient (Wildman–Crippen LogP) is 3.98. The van der Waals surface area contributed by atoms with Gasteiger partial charge in [0, 0.05) is 49.7 Å². The summed E-state index contributed by atoms with van der Waals surface area (Å²) in [7, 11) is 0. The van der Waals surface area contributed by atoms with Crippen LogP contribution in [0.3, 0.4) is 0 Å². The number of rotatable bonds is 5. The quantitative estimate of drug-likeness (QED) is 0.329. The van der Waals surface area contributed by atoms with Gasteiger partial charge in [-0.3, -0.25) is 9.88 Å². The van der Waals surface area contributed by atoms with Crippen molar-refractivity contribution >= 4 is 33.3 Å². The van der Waals surface area contributed by atoms with Crippen LogP contribution in [0.4, 0.5) is 24.8 Å². The van der Waals surface area contributed by atoms with Crippen molar-refractivity contribution in [2.45, 2.75) is 55.9 Å². The summed E-state index contributed by atoms with van der Waals surface area (Å²) in [5.41, 5.74) is 5.46. The second kappa shape index (κ2) is 10.2. The average molecular weight is 601 g/mol. The molecule has 4 aliphatic rings. The number of ether oxygens (including phenoxy) is 1. The third kappa shape index (κ3) is 4.32. The van der Waals surface area contributed by atoms with Gasteiger partial charge in [-0.15, -0.1) is 6.42 Å². The standard InChI is InChI=1S/C32H31F3N8O/c1-2-21-23(34)7-4-17-10-24(36)39-28(25(17)21)29-26(35)27-22(12-37-29)30(42-14-19-5-6-20(15-42)38-19)41-31(40-27)44-16-32-8-3-9-43(32)13-18(33)11-32/h1,4,7,10,12,18-20,38H,3,5-6,8-9,11,13-16H2,(H2,36,39)/t18-,19-,20+,32+/m1/s1. The molecule has 0 saturated carbocycles. The molecule has 226 valence electrons. The first-order chi connectivity index (χ1) is 21.3. The number of hydrogen-bond donors (Lipinski definition) is 2. The van der Waals surface area contributed by atoms with Gasteiger partial charge in [0.25, 0.3) is 0 Å². The summed E-state index contributed by atoms with van der Waals surface area (Å²) in [6, 6.07) is 4.93. The molecule has 3 N–H and O–H groups in total. The number of nitrogen functional groups attached to an aromatic ring is 1. The Balaban J connectivity index is 1.28. The van der Waals surface area contributed by atoms with E-state index in [-0.39, 0.29) is 46.3 Å². The summed E-state index contributed by atoms with van der Waals surface area (Å²) in [5.74, 6) is 1.60. The minimum Gasteiger partial charge on any atom is -0.461 e. The maximum Gasteiger partial charge on any atom is 0.319 e. The fourth-order valence-corrected chi connectivity index (χ4v) is 7.77. The normalized spacial score (nSPS) is 26.4. The number of piperazine rings is 1. The highest BCUT2D eigenvalue weighted by molar-refractivity contribution is 6.01. The van der Waals surface area contributed by atoms with Gasteiger partial charge in [-0.25, -0.2) is 18.2 Å². The summed E-state index contributed by atoms with van der Waals surface area (Å²) < 4.78 is 52.2. The number of hydrogen-bond acceptors (Lipinski definition) is 9. The summed E-state index contributed by atoms with van der Waals surface area (Å²) >= 11 is 0. The first-order valence-corrected chi connectivity index (χ1v) is 15.1. The van der Waals surface area contributed by atoms with Gasteiger partial charge in [0.1, 0.15) is 47.1 Å². The summed E-state index contributed by atoms with van der Waals surface area (Å²) in [4.78, 5) is 22.5. The zero-order valence-corrected chi connectivity index (χ0v) is 24.0. The van der Waals surface area contributed by atoms with Crippen LogP contribution in [0.5, 0.6) is 6.01 Å². The molecule has 4 aliphatic heterocycles. The zero-order valence-electron chi connectivity index (χ0n) is 24.0. The Hall–Kier alpha value is -4.21. The number of fused-ring (bicyclic) bond motifs is 5. The van der Waals surface area contributed by atoms with Crippen molar-refractivity contribution in [1.82, 2.24) is 30.2 Å². The summed E-state index contributed by atoms with van der Waals surface area (Å²) in [5, 5.41) is 4.77. The molecule has 4 atom stereocenters. The van der Waals surface area contributed by atoms with Crippen molar-refractivity contribution < 1.29 is 17.9 Å². The predicted molar refractivity (Wildman–Crippen MR) is 161 cm³/mol. The number of halogens is 3. The van der Waals surface area contributed by atoms with Gasteiger partial charge in [0.2, 0.25) is 0 Å². The van der Waals surface area contributed by atoms with Crippen LogP contribution in [-0.2, 0) is 0 Å². The van der Waals surface area contributed by atoms with E-state index in [1.54, 1.807) is 6.07 Å². The molecule has 8 rings (SSSR count). The first kappa shape index (κ1) is 27.3. The van der Waals surface area contributed by atoms with Crippen molar-refractivity contribution in [2.24, 2.45) is 0 Å². The molecule has 4 saturated heterocycles. The maximum atomic E-state index is 16.7. The van der Waals surface area contributed by atoms with E-state index in [1.165, 1.54) is 18.3 Å². The highest BCUT2D eigenvalue weighted by atomic mass is 19.1. The van der Waals surface area contributed by atoms with Crippen molar-refractivity contribution in [3.63, 3.8) is 0 Å². The van der Waals surface area contributed by atoms with Crippen LogP contribution in [-0.4, -0.2) is 81.4 Å². The Morgan fingerprint density at radius 1 is 1.11 bits per heavy atom. The average Bonchev–Trinajstić information content (AvgIpc) is 3.66. The van der Waals surface area contributed by atoms with Crippen molar-refractivity contribution in [3.05, 3.63) is 41.6 Å². The van der Waals surface area contributed by atoms with Gasteiger partial charge in [0.15, 0.2) is 5.82 Å². The Morgan fingerprint density at radius 3 is 2.73 bits per heavy atom. The molecule has 0 radical (unpaired) electrons. The maximum absolute atomic E-state index is 16.7. The molecular weight excluding hydrogens is 569 g/mol. The van der Waals surface area contributed by atoms with Crippen molar-refractivity contribution in [3.8, 4) is 29.7 Å². The summed E-state index contributed by atoms with van der Waals surface area (Å²) in [6.07, 6.45) is 10.6. The number of pyridine rings is 2. The molecule has 0 spiro atoms. The third-order valence-electron chi connectivity index (χ3n) is 9.73. The molecule has 2 bridgehead atoms. The zero-order chi connectivity index (χ0) is 30.2. The molecule has 44 heavy (non-hydrogen) atoms. The van der Waals surface area contributed by atoms with E-state index in [2.05, 4.69) is 36.0 Å². The minimum absolute atomic E-state index is 0.00696. The smallest absolute Gasteiger partial charge is 0.319 e. The highest BCUT2D eigenvalue weighted by Gasteiger charge is 2.49. The van der Waals surface area contributed by atoms with E-state index in [1.807, 2.05) is 0 Å². The molecule has 4 fully saturated rings. The van der Waals surface area contributed by atoms with Crippen molar-refractivity contribution in [1.29, 1.82) is 0 Å². The molecule has 4 aromatic rings. The van der Waals surface area contributed by atoms with E-state index in [4.69, 9.17) is 21.9 Å². The molecule has 0 amide bonds. The molecule has 3 aromatic heterocycles. The van der Waals surface area contributed by atoms with E-state index in [0.717, 1.165) is 32.2 Å². The minimum atomic E-state index is -0.909. The lowest BCUT2D eigenvalue weighted by Crippen LogP contribution is -2.51. The number of nitrogens with one attached hydrogen (secondary N) is 1. The monoisotopic (exact) mass is 600 g/mol. The molecule has 0 aliphatic carbocycles. The largest absolute Gasteiger partial charge is 0.461 e. The summed E-state index contributed by atoms with van der Waals surface area (Å²) in [6.45, 7) is 2.80. The Bertz CT molecular complexity index is 1850. The van der Waals surface area contributed by atoms with Crippen LogP contribution >= 0.6 is 0 Å². The van der Waals surface area contributed by atoms with Gasteiger partial charge in [0.05, 0.1) is 16.5 Å². The van der Waals surface area contributed by atoms with Gasteiger partial charge in [-0.1, -0.05) is 12.0 Å². The van der Waals surface area contributed by atoms with Gasteiger partial charge < -0.3 is 20.7 Å². The molecule has 9 nitrogen and oxygen atoms in total. The van der Waals surface area contributed by atoms with Crippen LogP contribution in [0.1, 0.15) is 37.7 Å². The third-order valence-corrected chi connectivity index (χ3v) is 9.73. The number of benzene rings is 1. The number of anilines is 2. The number of alkyl halides is 1.